The van der Waals surface area contributed by atoms with E-state index in [1.807, 2.05) is 35.7 Å². The minimum Gasteiger partial charge on any atom is -0.497 e. The SMILES string of the molecule is COc1ccc2nc(NC(=O)Nc3cccs3)sc2c1. The van der Waals surface area contributed by atoms with Gasteiger partial charge in [0.05, 0.1) is 22.3 Å². The molecule has 1 aromatic carbocycles. The number of nitrogens with zero attached hydrogens (tertiary/aromatic N) is 1. The number of hydrogen-bond donors (Lipinski definition) is 2. The van der Waals surface area contributed by atoms with Crippen LogP contribution in [-0.4, -0.2) is 18.1 Å². The van der Waals surface area contributed by atoms with E-state index in [1.54, 1.807) is 7.11 Å². The Balaban J connectivity index is 1.75. The van der Waals surface area contributed by atoms with Gasteiger partial charge in [-0.15, -0.1) is 11.3 Å². The fourth-order valence-electron chi connectivity index (χ4n) is 1.68. The maximum absolute atomic E-state index is 11.8. The predicted octanol–water partition coefficient (Wildman–Crippen LogP) is 4.01. The molecular weight excluding hydrogens is 294 g/mol. The van der Waals surface area contributed by atoms with Crippen LogP contribution in [0.1, 0.15) is 0 Å². The summed E-state index contributed by atoms with van der Waals surface area (Å²) >= 11 is 2.87. The average Bonchev–Trinajstić information content (AvgIpc) is 3.06. The number of ether oxygens (including phenoxy) is 1. The lowest BCUT2D eigenvalue weighted by atomic mass is 10.3. The summed E-state index contributed by atoms with van der Waals surface area (Å²) in [6, 6.07) is 9.04. The Bertz CT molecular complexity index is 737. The second-order valence-corrected chi connectivity index (χ2v) is 5.89. The van der Waals surface area contributed by atoms with Crippen molar-refractivity contribution in [3.05, 3.63) is 35.7 Å². The van der Waals surface area contributed by atoms with E-state index in [1.165, 1.54) is 22.7 Å². The van der Waals surface area contributed by atoms with Gasteiger partial charge in [-0.3, -0.25) is 10.6 Å². The Hall–Kier alpha value is -2.12. The first-order valence-corrected chi connectivity index (χ1v) is 7.50. The highest BCUT2D eigenvalue weighted by atomic mass is 32.1. The van der Waals surface area contributed by atoms with Crippen molar-refractivity contribution < 1.29 is 9.53 Å². The largest absolute Gasteiger partial charge is 0.497 e. The molecule has 0 aliphatic rings. The minimum absolute atomic E-state index is 0.293. The van der Waals surface area contributed by atoms with Crippen LogP contribution in [0, 0.1) is 0 Å². The standard InChI is InChI=1S/C13H11N3O2S2/c1-18-8-4-5-9-10(7-8)20-13(14-9)16-12(17)15-11-3-2-6-19-11/h2-7H,1H3,(H2,14,15,16,17). The van der Waals surface area contributed by atoms with E-state index < -0.39 is 0 Å². The van der Waals surface area contributed by atoms with Crippen molar-refractivity contribution in [3.8, 4) is 5.75 Å². The number of hydrogen-bond acceptors (Lipinski definition) is 5. The molecule has 0 spiro atoms. The molecule has 0 atom stereocenters. The van der Waals surface area contributed by atoms with Crippen molar-refractivity contribution in [1.29, 1.82) is 0 Å². The fraction of sp³-hybridized carbons (Fsp3) is 0.0769. The summed E-state index contributed by atoms with van der Waals surface area (Å²) in [6.45, 7) is 0. The third-order valence-corrected chi connectivity index (χ3v) is 4.29. The van der Waals surface area contributed by atoms with Crippen LogP contribution in [0.5, 0.6) is 5.75 Å². The summed E-state index contributed by atoms with van der Waals surface area (Å²) in [5, 5.41) is 8.73. The highest BCUT2D eigenvalue weighted by Crippen LogP contribution is 2.29. The highest BCUT2D eigenvalue weighted by Gasteiger charge is 2.09. The van der Waals surface area contributed by atoms with Gasteiger partial charge in [0.25, 0.3) is 0 Å². The second kappa shape index (κ2) is 5.48. The number of thiophene rings is 1. The van der Waals surface area contributed by atoms with E-state index in [9.17, 15) is 4.79 Å². The molecule has 0 radical (unpaired) electrons. The molecule has 0 unspecified atom stereocenters. The number of fused-ring (bicyclic) bond motifs is 1. The van der Waals surface area contributed by atoms with Gasteiger partial charge in [-0.05, 0) is 35.7 Å². The monoisotopic (exact) mass is 305 g/mol. The zero-order valence-corrected chi connectivity index (χ0v) is 12.2. The Morgan fingerprint density at radius 2 is 2.20 bits per heavy atom. The second-order valence-electron chi connectivity index (χ2n) is 3.91. The van der Waals surface area contributed by atoms with Gasteiger partial charge in [0.15, 0.2) is 5.13 Å². The van der Waals surface area contributed by atoms with Crippen LogP contribution in [0.15, 0.2) is 35.7 Å². The molecule has 2 heterocycles. The Morgan fingerprint density at radius 1 is 1.30 bits per heavy atom. The first-order chi connectivity index (χ1) is 9.74. The normalized spacial score (nSPS) is 10.4. The van der Waals surface area contributed by atoms with Crippen molar-refractivity contribution >= 4 is 49.1 Å². The van der Waals surface area contributed by atoms with Gasteiger partial charge < -0.3 is 4.74 Å². The smallest absolute Gasteiger partial charge is 0.326 e. The molecule has 2 aromatic heterocycles. The number of nitrogens with one attached hydrogen (secondary N) is 2. The molecule has 0 aliphatic heterocycles. The number of carbonyl (C=O) groups excluding carboxylic acids is 1. The zero-order valence-electron chi connectivity index (χ0n) is 10.5. The molecule has 102 valence electrons. The Kier molecular flexibility index (Phi) is 3.53. The van der Waals surface area contributed by atoms with Gasteiger partial charge in [0.1, 0.15) is 5.75 Å². The van der Waals surface area contributed by atoms with Crippen LogP contribution in [0.3, 0.4) is 0 Å². The molecule has 0 saturated heterocycles. The minimum atomic E-state index is -0.293. The summed E-state index contributed by atoms with van der Waals surface area (Å²) in [4.78, 5) is 16.2. The first kappa shape index (κ1) is 12.9. The van der Waals surface area contributed by atoms with E-state index in [0.717, 1.165) is 21.0 Å². The van der Waals surface area contributed by atoms with Gasteiger partial charge in [-0.1, -0.05) is 11.3 Å². The van der Waals surface area contributed by atoms with Crippen molar-refractivity contribution in [1.82, 2.24) is 4.98 Å². The maximum atomic E-state index is 11.8. The predicted molar refractivity (Wildman–Crippen MR) is 83.1 cm³/mol. The number of thiazole rings is 1. The molecule has 0 fully saturated rings. The third kappa shape index (κ3) is 2.73. The molecule has 0 bridgehead atoms. The third-order valence-electron chi connectivity index (χ3n) is 2.57. The number of urea groups is 1. The number of rotatable bonds is 3. The summed E-state index contributed by atoms with van der Waals surface area (Å²) < 4.78 is 6.13. The number of benzene rings is 1. The molecule has 0 saturated carbocycles. The first-order valence-electron chi connectivity index (χ1n) is 5.81. The average molecular weight is 305 g/mol. The van der Waals surface area contributed by atoms with E-state index in [-0.39, 0.29) is 6.03 Å². The molecule has 20 heavy (non-hydrogen) atoms. The summed E-state index contributed by atoms with van der Waals surface area (Å²) in [5.41, 5.74) is 0.835. The molecule has 5 nitrogen and oxygen atoms in total. The van der Waals surface area contributed by atoms with Gasteiger partial charge >= 0.3 is 6.03 Å². The molecule has 7 heteroatoms. The van der Waals surface area contributed by atoms with E-state index in [2.05, 4.69) is 15.6 Å². The maximum Gasteiger partial charge on any atom is 0.326 e. The molecule has 3 rings (SSSR count). The van der Waals surface area contributed by atoms with Crippen molar-refractivity contribution in [2.45, 2.75) is 0 Å². The quantitative estimate of drug-likeness (QED) is 0.768. The number of carbonyl (C=O) groups is 1. The lowest BCUT2D eigenvalue weighted by molar-refractivity contribution is 0.262. The number of amides is 2. The number of anilines is 2. The summed E-state index contributed by atoms with van der Waals surface area (Å²) in [7, 11) is 1.62. The Labute approximate surface area is 123 Å². The van der Waals surface area contributed by atoms with Crippen LogP contribution in [0.2, 0.25) is 0 Å². The fourth-order valence-corrected chi connectivity index (χ4v) is 3.18. The lowest BCUT2D eigenvalue weighted by Crippen LogP contribution is -2.18. The van der Waals surface area contributed by atoms with Crippen LogP contribution in [-0.2, 0) is 0 Å². The Morgan fingerprint density at radius 3 is 2.95 bits per heavy atom. The van der Waals surface area contributed by atoms with Crippen molar-refractivity contribution in [3.63, 3.8) is 0 Å². The van der Waals surface area contributed by atoms with E-state index in [4.69, 9.17) is 4.74 Å². The van der Waals surface area contributed by atoms with Crippen LogP contribution < -0.4 is 15.4 Å². The van der Waals surface area contributed by atoms with Gasteiger partial charge in [0, 0.05) is 0 Å². The molecule has 2 amide bonds. The molecule has 0 aliphatic carbocycles. The van der Waals surface area contributed by atoms with E-state index >= 15 is 0 Å². The lowest BCUT2D eigenvalue weighted by Gasteiger charge is -2.01. The number of methoxy groups -OCH3 is 1. The van der Waals surface area contributed by atoms with Gasteiger partial charge in [0.2, 0.25) is 0 Å². The van der Waals surface area contributed by atoms with Gasteiger partial charge in [-0.2, -0.15) is 0 Å². The van der Waals surface area contributed by atoms with Crippen LogP contribution >= 0.6 is 22.7 Å². The topological polar surface area (TPSA) is 63.2 Å². The van der Waals surface area contributed by atoms with Crippen LogP contribution in [0.4, 0.5) is 14.9 Å². The molecule has 2 N–H and O–H groups in total. The van der Waals surface area contributed by atoms with Crippen LogP contribution in [0.25, 0.3) is 10.2 Å². The highest BCUT2D eigenvalue weighted by molar-refractivity contribution is 7.22. The number of aromatic nitrogens is 1. The van der Waals surface area contributed by atoms with Crippen molar-refractivity contribution in [2.24, 2.45) is 0 Å². The van der Waals surface area contributed by atoms with E-state index in [0.29, 0.717) is 5.13 Å². The van der Waals surface area contributed by atoms with Crippen molar-refractivity contribution in [2.75, 3.05) is 17.7 Å². The molecule has 3 aromatic rings. The zero-order chi connectivity index (χ0) is 13.9. The summed E-state index contributed by atoms with van der Waals surface area (Å²) in [5.74, 6) is 0.774. The molecular formula is C13H11N3O2S2. The van der Waals surface area contributed by atoms with Gasteiger partial charge in [-0.25, -0.2) is 9.78 Å². The summed E-state index contributed by atoms with van der Waals surface area (Å²) in [6.07, 6.45) is 0.